The number of urea groups is 1. The summed E-state index contributed by atoms with van der Waals surface area (Å²) in [5.41, 5.74) is 1.23. The van der Waals surface area contributed by atoms with E-state index in [2.05, 4.69) is 15.6 Å². The van der Waals surface area contributed by atoms with Gasteiger partial charge in [-0.05, 0) is 31.0 Å². The fourth-order valence-electron chi connectivity index (χ4n) is 2.60. The van der Waals surface area contributed by atoms with Crippen LogP contribution in [0.1, 0.15) is 20.3 Å². The maximum absolute atomic E-state index is 12.9. The Balaban J connectivity index is 1.85. The minimum Gasteiger partial charge on any atom is -0.335 e. The van der Waals surface area contributed by atoms with Gasteiger partial charge in [-0.25, -0.2) is 9.78 Å². The van der Waals surface area contributed by atoms with Crippen LogP contribution >= 0.6 is 22.9 Å². The second-order valence-corrected chi connectivity index (χ2v) is 7.64. The summed E-state index contributed by atoms with van der Waals surface area (Å²) in [6.45, 7) is 3.46. The number of carbonyl (C=O) groups excluding carboxylic acids is 2. The zero-order chi connectivity index (χ0) is 20.3. The monoisotopic (exact) mass is 418 g/mol. The van der Waals surface area contributed by atoms with E-state index in [0.29, 0.717) is 15.2 Å². The van der Waals surface area contributed by atoms with E-state index in [4.69, 9.17) is 11.6 Å². The highest BCUT2D eigenvalue weighted by Crippen LogP contribution is 2.31. The molecule has 146 valence electrons. The quantitative estimate of drug-likeness (QED) is 0.664. The molecule has 0 spiro atoms. The molecule has 1 atom stereocenters. The third kappa shape index (κ3) is 4.40. The minimum absolute atomic E-state index is 0.0544. The van der Waals surface area contributed by atoms with E-state index in [1.807, 2.05) is 31.4 Å². The number of imide groups is 1. The molecule has 2 heterocycles. The highest BCUT2D eigenvalue weighted by atomic mass is 35.5. The Kier molecular flexibility index (Phi) is 6.11. The smallest absolute Gasteiger partial charge is 0.321 e. The lowest BCUT2D eigenvalue weighted by molar-refractivity contribution is -0.120. The summed E-state index contributed by atoms with van der Waals surface area (Å²) in [5, 5.41) is 7.76. The lowest BCUT2D eigenvalue weighted by atomic mass is 10.1. The first-order chi connectivity index (χ1) is 13.4. The molecule has 7 nitrogen and oxygen atoms in total. The van der Waals surface area contributed by atoms with Gasteiger partial charge in [0.25, 0.3) is 5.56 Å². The van der Waals surface area contributed by atoms with Gasteiger partial charge >= 0.3 is 6.03 Å². The van der Waals surface area contributed by atoms with Crippen LogP contribution in [0.2, 0.25) is 5.02 Å². The van der Waals surface area contributed by atoms with E-state index in [0.717, 1.165) is 17.5 Å². The second kappa shape index (κ2) is 8.53. The van der Waals surface area contributed by atoms with Crippen LogP contribution in [0.3, 0.4) is 0 Å². The van der Waals surface area contributed by atoms with Gasteiger partial charge in [-0.3, -0.25) is 19.5 Å². The average Bonchev–Trinajstić information content (AvgIpc) is 3.09. The van der Waals surface area contributed by atoms with E-state index < -0.39 is 11.9 Å². The zero-order valence-electron chi connectivity index (χ0n) is 15.4. The predicted molar refractivity (Wildman–Crippen MR) is 111 cm³/mol. The summed E-state index contributed by atoms with van der Waals surface area (Å²) < 4.78 is 1.19. The van der Waals surface area contributed by atoms with Gasteiger partial charge in [0.05, 0.1) is 11.7 Å². The Hall–Kier alpha value is -2.71. The van der Waals surface area contributed by atoms with Gasteiger partial charge in [-0.2, -0.15) is 0 Å². The van der Waals surface area contributed by atoms with E-state index in [1.54, 1.807) is 12.1 Å². The van der Waals surface area contributed by atoms with Crippen molar-refractivity contribution in [3.63, 3.8) is 0 Å². The van der Waals surface area contributed by atoms with Crippen molar-refractivity contribution in [1.82, 2.24) is 20.2 Å². The van der Waals surface area contributed by atoms with Crippen molar-refractivity contribution in [3.05, 3.63) is 51.3 Å². The maximum Gasteiger partial charge on any atom is 0.321 e. The largest absolute Gasteiger partial charge is 0.335 e. The Morgan fingerprint density at radius 3 is 2.68 bits per heavy atom. The van der Waals surface area contributed by atoms with Crippen molar-refractivity contribution < 1.29 is 9.59 Å². The molecule has 2 N–H and O–H groups in total. The van der Waals surface area contributed by atoms with E-state index in [1.165, 1.54) is 22.2 Å². The standard InChI is InChI=1S/C19H19ClN4O3S/c1-3-11(2)22-19(27)23-15(25)8-24-10-21-17-16(18(24)26)14(9-28-17)12-4-6-13(20)7-5-12/h4-7,9-11H,3,8H2,1-2H3,(H2,22,23,25,27)/t11-/m0/s1. The molecular weight excluding hydrogens is 400 g/mol. The topological polar surface area (TPSA) is 93.1 Å². The number of rotatable bonds is 5. The highest BCUT2D eigenvalue weighted by molar-refractivity contribution is 7.17. The normalized spacial score (nSPS) is 12.0. The van der Waals surface area contributed by atoms with Crippen LogP contribution < -0.4 is 16.2 Å². The molecule has 3 aromatic rings. The lowest BCUT2D eigenvalue weighted by Crippen LogP contribution is -2.45. The van der Waals surface area contributed by atoms with Gasteiger partial charge < -0.3 is 5.32 Å². The molecule has 3 amide bonds. The second-order valence-electron chi connectivity index (χ2n) is 6.34. The van der Waals surface area contributed by atoms with E-state index in [9.17, 15) is 14.4 Å². The van der Waals surface area contributed by atoms with Crippen molar-refractivity contribution in [2.24, 2.45) is 0 Å². The molecule has 0 aliphatic rings. The number of hydrogen-bond donors (Lipinski definition) is 2. The third-order valence-corrected chi connectivity index (χ3v) is 5.41. The molecule has 9 heteroatoms. The number of nitrogens with zero attached hydrogens (tertiary/aromatic N) is 2. The molecule has 0 unspecified atom stereocenters. The van der Waals surface area contributed by atoms with Crippen molar-refractivity contribution in [2.75, 3.05) is 0 Å². The molecule has 3 rings (SSSR count). The van der Waals surface area contributed by atoms with Gasteiger partial charge in [0.2, 0.25) is 5.91 Å². The molecule has 0 saturated heterocycles. The van der Waals surface area contributed by atoms with Gasteiger partial charge in [-0.15, -0.1) is 11.3 Å². The molecule has 0 fully saturated rings. The first-order valence-electron chi connectivity index (χ1n) is 8.72. The van der Waals surface area contributed by atoms with Crippen LogP contribution in [0.4, 0.5) is 4.79 Å². The van der Waals surface area contributed by atoms with Gasteiger partial charge in [0, 0.05) is 22.0 Å². The number of aromatic nitrogens is 2. The Morgan fingerprint density at radius 1 is 1.29 bits per heavy atom. The molecule has 28 heavy (non-hydrogen) atoms. The number of hydrogen-bond acceptors (Lipinski definition) is 5. The van der Waals surface area contributed by atoms with Crippen LogP contribution in [0.5, 0.6) is 0 Å². The van der Waals surface area contributed by atoms with Crippen LogP contribution in [0, 0.1) is 0 Å². The summed E-state index contributed by atoms with van der Waals surface area (Å²) in [4.78, 5) is 41.7. The van der Waals surface area contributed by atoms with Crippen molar-refractivity contribution in [2.45, 2.75) is 32.9 Å². The summed E-state index contributed by atoms with van der Waals surface area (Å²) in [7, 11) is 0. The molecule has 0 bridgehead atoms. The van der Waals surface area contributed by atoms with Gasteiger partial charge in [-0.1, -0.05) is 30.7 Å². The molecule has 1 aromatic carbocycles. The fourth-order valence-corrected chi connectivity index (χ4v) is 3.64. The number of benzene rings is 1. The molecule has 0 radical (unpaired) electrons. The molecular formula is C19H19ClN4O3S. The first-order valence-corrected chi connectivity index (χ1v) is 9.97. The number of fused-ring (bicyclic) bond motifs is 1. The lowest BCUT2D eigenvalue weighted by Gasteiger charge is -2.12. The van der Waals surface area contributed by atoms with Crippen molar-refractivity contribution >= 4 is 45.1 Å². The summed E-state index contributed by atoms with van der Waals surface area (Å²) in [6, 6.07) is 6.51. The Bertz CT molecular complexity index is 1070. The average molecular weight is 419 g/mol. The van der Waals surface area contributed by atoms with Crippen LogP contribution in [0.25, 0.3) is 21.3 Å². The SMILES string of the molecule is CC[C@H](C)NC(=O)NC(=O)Cn1cnc2scc(-c3ccc(Cl)cc3)c2c1=O. The van der Waals surface area contributed by atoms with Crippen LogP contribution in [-0.2, 0) is 11.3 Å². The first kappa shape index (κ1) is 20.0. The zero-order valence-corrected chi connectivity index (χ0v) is 16.9. The number of amides is 3. The van der Waals surface area contributed by atoms with Crippen LogP contribution in [0.15, 0.2) is 40.8 Å². The fraction of sp³-hybridized carbons (Fsp3) is 0.263. The maximum atomic E-state index is 12.9. The number of carbonyl (C=O) groups is 2. The summed E-state index contributed by atoms with van der Waals surface area (Å²) in [5.74, 6) is -0.590. The molecule has 0 saturated carbocycles. The molecule has 2 aromatic heterocycles. The van der Waals surface area contributed by atoms with Gasteiger partial charge in [0.1, 0.15) is 11.4 Å². The summed E-state index contributed by atoms with van der Waals surface area (Å²) in [6.07, 6.45) is 2.06. The predicted octanol–water partition coefficient (Wildman–Crippen LogP) is 3.40. The number of halogens is 1. The highest BCUT2D eigenvalue weighted by Gasteiger charge is 2.16. The van der Waals surface area contributed by atoms with Gasteiger partial charge in [0.15, 0.2) is 0 Å². The van der Waals surface area contributed by atoms with E-state index in [-0.39, 0.29) is 18.1 Å². The third-order valence-electron chi connectivity index (χ3n) is 4.27. The Labute approximate surface area is 170 Å². The van der Waals surface area contributed by atoms with E-state index >= 15 is 0 Å². The van der Waals surface area contributed by atoms with Crippen LogP contribution in [-0.4, -0.2) is 27.5 Å². The number of nitrogens with one attached hydrogen (secondary N) is 2. The molecule has 0 aliphatic heterocycles. The number of thiophene rings is 1. The van der Waals surface area contributed by atoms with Crippen molar-refractivity contribution in [1.29, 1.82) is 0 Å². The Morgan fingerprint density at radius 2 is 2.00 bits per heavy atom. The van der Waals surface area contributed by atoms with Crippen molar-refractivity contribution in [3.8, 4) is 11.1 Å². The summed E-state index contributed by atoms with van der Waals surface area (Å²) >= 11 is 7.29. The minimum atomic E-state index is -0.590. The molecule has 0 aliphatic carbocycles.